The molecule has 0 unspecified atom stereocenters. The zero-order chi connectivity index (χ0) is 21.0. The van der Waals surface area contributed by atoms with Crippen molar-refractivity contribution in [3.05, 3.63) is 97.1 Å². The van der Waals surface area contributed by atoms with E-state index in [-0.39, 0.29) is 0 Å². The van der Waals surface area contributed by atoms with Crippen molar-refractivity contribution in [2.45, 2.75) is 18.9 Å². The Hall–Kier alpha value is -2.67. The average Bonchev–Trinajstić information content (AvgIpc) is 3.29. The van der Waals surface area contributed by atoms with Gasteiger partial charge >= 0.3 is 0 Å². The van der Waals surface area contributed by atoms with Crippen molar-refractivity contribution in [1.82, 2.24) is 0 Å². The zero-order valence-electron chi connectivity index (χ0n) is 17.9. The van der Waals surface area contributed by atoms with E-state index in [9.17, 15) is 0 Å². The van der Waals surface area contributed by atoms with E-state index in [0.29, 0.717) is 6.04 Å². The minimum atomic E-state index is -0.667. The summed E-state index contributed by atoms with van der Waals surface area (Å²) in [5.41, 5.74) is 1.37. The van der Waals surface area contributed by atoms with Gasteiger partial charge in [-0.15, -0.1) is 0 Å². The van der Waals surface area contributed by atoms with Crippen molar-refractivity contribution in [3.63, 3.8) is 0 Å². The van der Waals surface area contributed by atoms with E-state index in [2.05, 4.69) is 102 Å². The molecule has 1 aliphatic heterocycles. The van der Waals surface area contributed by atoms with Crippen LogP contribution in [0.25, 0.3) is 10.8 Å². The molecule has 0 radical (unpaired) electrons. The second-order valence-corrected chi connectivity index (χ2v) is 10.3. The van der Waals surface area contributed by atoms with Gasteiger partial charge < -0.3 is 9.64 Å². The van der Waals surface area contributed by atoms with Crippen LogP contribution in [0.1, 0.15) is 12.8 Å². The quantitative estimate of drug-likeness (QED) is 0.393. The molecular formula is C28H28NOP. The molecule has 4 aromatic carbocycles. The summed E-state index contributed by atoms with van der Waals surface area (Å²) < 4.78 is 5.60. The third-order valence-electron chi connectivity index (χ3n) is 6.16. The van der Waals surface area contributed by atoms with Crippen LogP contribution in [-0.2, 0) is 4.74 Å². The van der Waals surface area contributed by atoms with Crippen LogP contribution >= 0.6 is 7.92 Å². The molecule has 5 rings (SSSR count). The molecule has 1 saturated heterocycles. The SMILES string of the molecule is COC[C@H]1CCCN1c1cc2ccccc2cc1P(c1ccccc1)c1ccccc1. The summed E-state index contributed by atoms with van der Waals surface area (Å²) >= 11 is 0. The summed E-state index contributed by atoms with van der Waals surface area (Å²) in [4.78, 5) is 2.60. The standard InChI is InChI=1S/C28H28NOP/c1-30-21-24-13-10-18-29(24)27-19-22-11-8-9-12-23(22)20-28(27)31(25-14-4-2-5-15-25)26-16-6-3-7-17-26/h2-9,11-12,14-17,19-20,24H,10,13,18,21H2,1H3/t24-/m1/s1. The number of hydrogen-bond donors (Lipinski definition) is 0. The highest BCUT2D eigenvalue weighted by molar-refractivity contribution is 7.80. The highest BCUT2D eigenvalue weighted by atomic mass is 31.1. The van der Waals surface area contributed by atoms with Crippen molar-refractivity contribution in [2.75, 3.05) is 25.2 Å². The lowest BCUT2D eigenvalue weighted by Gasteiger charge is -2.32. The number of rotatable bonds is 6. The topological polar surface area (TPSA) is 12.5 Å². The maximum absolute atomic E-state index is 5.60. The number of methoxy groups -OCH3 is 1. The van der Waals surface area contributed by atoms with Gasteiger partial charge in [0.2, 0.25) is 0 Å². The highest BCUT2D eigenvalue weighted by Crippen LogP contribution is 2.40. The number of ether oxygens (including phenoxy) is 1. The summed E-state index contributed by atoms with van der Waals surface area (Å²) in [6.45, 7) is 1.87. The molecule has 4 aromatic rings. The van der Waals surface area contributed by atoms with Crippen molar-refractivity contribution in [1.29, 1.82) is 0 Å². The highest BCUT2D eigenvalue weighted by Gasteiger charge is 2.29. The first kappa shape index (κ1) is 20.2. The van der Waals surface area contributed by atoms with Crippen LogP contribution in [0.5, 0.6) is 0 Å². The van der Waals surface area contributed by atoms with Crippen LogP contribution < -0.4 is 20.8 Å². The molecule has 0 bridgehead atoms. The van der Waals surface area contributed by atoms with Gasteiger partial charge in [-0.3, -0.25) is 0 Å². The smallest absolute Gasteiger partial charge is 0.0666 e. The fourth-order valence-corrected chi connectivity index (χ4v) is 7.21. The van der Waals surface area contributed by atoms with Gasteiger partial charge in [-0.25, -0.2) is 0 Å². The number of fused-ring (bicyclic) bond motifs is 1. The Kier molecular flexibility index (Phi) is 6.02. The summed E-state index contributed by atoms with van der Waals surface area (Å²) in [5.74, 6) is 0. The molecule has 156 valence electrons. The van der Waals surface area contributed by atoms with Crippen molar-refractivity contribution in [2.24, 2.45) is 0 Å². The molecule has 0 spiro atoms. The molecule has 3 heteroatoms. The lowest BCUT2D eigenvalue weighted by atomic mass is 10.1. The number of benzene rings is 4. The minimum absolute atomic E-state index is 0.438. The van der Waals surface area contributed by atoms with E-state index < -0.39 is 7.92 Å². The summed E-state index contributed by atoms with van der Waals surface area (Å²) in [7, 11) is 1.15. The molecule has 1 aliphatic rings. The van der Waals surface area contributed by atoms with Crippen LogP contribution in [0.3, 0.4) is 0 Å². The second-order valence-electron chi connectivity index (χ2n) is 8.14. The van der Waals surface area contributed by atoms with Gasteiger partial charge in [0.15, 0.2) is 0 Å². The molecule has 0 aromatic heterocycles. The molecule has 31 heavy (non-hydrogen) atoms. The van der Waals surface area contributed by atoms with Crippen LogP contribution in [0, 0.1) is 0 Å². The third kappa shape index (κ3) is 4.11. The van der Waals surface area contributed by atoms with Gasteiger partial charge in [0, 0.05) is 24.6 Å². The Labute approximate surface area is 186 Å². The van der Waals surface area contributed by atoms with Crippen molar-refractivity contribution in [3.8, 4) is 0 Å². The largest absolute Gasteiger partial charge is 0.383 e. The fourth-order valence-electron chi connectivity index (χ4n) is 4.73. The van der Waals surface area contributed by atoms with Crippen LogP contribution in [0.15, 0.2) is 97.1 Å². The summed E-state index contributed by atoms with van der Waals surface area (Å²) in [5, 5.41) is 6.84. The molecule has 0 amide bonds. The number of nitrogens with zero attached hydrogens (tertiary/aromatic N) is 1. The Morgan fingerprint density at radius 1 is 0.806 bits per heavy atom. The van der Waals surface area contributed by atoms with E-state index in [1.54, 1.807) is 0 Å². The number of anilines is 1. The van der Waals surface area contributed by atoms with Gasteiger partial charge in [0.1, 0.15) is 0 Å². The van der Waals surface area contributed by atoms with Gasteiger partial charge in [-0.2, -0.15) is 0 Å². The fraction of sp³-hybridized carbons (Fsp3) is 0.214. The van der Waals surface area contributed by atoms with E-state index in [1.807, 2.05) is 7.11 Å². The van der Waals surface area contributed by atoms with Crippen molar-refractivity contribution < 1.29 is 4.74 Å². The first-order chi connectivity index (χ1) is 15.3. The molecule has 0 saturated carbocycles. The lowest BCUT2D eigenvalue weighted by molar-refractivity contribution is 0.181. The van der Waals surface area contributed by atoms with E-state index in [0.717, 1.165) is 13.2 Å². The first-order valence-corrected chi connectivity index (χ1v) is 12.4. The lowest BCUT2D eigenvalue weighted by Crippen LogP contribution is -2.36. The molecule has 1 heterocycles. The zero-order valence-corrected chi connectivity index (χ0v) is 18.8. The number of hydrogen-bond acceptors (Lipinski definition) is 2. The molecule has 0 aliphatic carbocycles. The molecule has 1 fully saturated rings. The van der Waals surface area contributed by atoms with Gasteiger partial charge in [-0.1, -0.05) is 84.9 Å². The van der Waals surface area contributed by atoms with Crippen LogP contribution in [0.4, 0.5) is 5.69 Å². The van der Waals surface area contributed by atoms with Gasteiger partial charge in [-0.05, 0) is 54.3 Å². The summed E-state index contributed by atoms with van der Waals surface area (Å²) in [6, 6.07) is 36.1. The van der Waals surface area contributed by atoms with E-state index in [1.165, 1.54) is 45.2 Å². The third-order valence-corrected chi connectivity index (χ3v) is 8.63. The van der Waals surface area contributed by atoms with E-state index >= 15 is 0 Å². The van der Waals surface area contributed by atoms with Gasteiger partial charge in [0.05, 0.1) is 12.6 Å². The van der Waals surface area contributed by atoms with E-state index in [4.69, 9.17) is 4.74 Å². The molecule has 0 N–H and O–H groups in total. The Bertz CT molecular complexity index is 1110. The molecule has 2 nitrogen and oxygen atoms in total. The van der Waals surface area contributed by atoms with Gasteiger partial charge in [0.25, 0.3) is 0 Å². The Morgan fingerprint density at radius 3 is 2.00 bits per heavy atom. The summed E-state index contributed by atoms with van der Waals surface area (Å²) in [6.07, 6.45) is 2.41. The molecule has 1 atom stereocenters. The maximum Gasteiger partial charge on any atom is 0.0666 e. The monoisotopic (exact) mass is 425 g/mol. The van der Waals surface area contributed by atoms with Crippen LogP contribution in [-0.4, -0.2) is 26.3 Å². The molecular weight excluding hydrogens is 397 g/mol. The predicted octanol–water partition coefficient (Wildman–Crippen LogP) is 5.21. The Morgan fingerprint density at radius 2 is 1.39 bits per heavy atom. The average molecular weight is 426 g/mol. The Balaban J connectivity index is 1.74. The second kappa shape index (κ2) is 9.22. The predicted molar refractivity (Wildman–Crippen MR) is 135 cm³/mol. The van der Waals surface area contributed by atoms with Crippen LogP contribution in [0.2, 0.25) is 0 Å². The maximum atomic E-state index is 5.60. The minimum Gasteiger partial charge on any atom is -0.383 e. The normalized spacial score (nSPS) is 16.3. The first-order valence-electron chi connectivity index (χ1n) is 11.0. The van der Waals surface area contributed by atoms with Crippen molar-refractivity contribution >= 4 is 40.3 Å².